The van der Waals surface area contributed by atoms with Crippen molar-refractivity contribution in [3.63, 3.8) is 0 Å². The van der Waals surface area contributed by atoms with Crippen LogP contribution in [0.3, 0.4) is 0 Å². The highest BCUT2D eigenvalue weighted by Crippen LogP contribution is 2.35. The highest BCUT2D eigenvalue weighted by molar-refractivity contribution is 6.01. The van der Waals surface area contributed by atoms with E-state index in [1.54, 1.807) is 23.9 Å². The van der Waals surface area contributed by atoms with Gasteiger partial charge < -0.3 is 14.5 Å². The molecular formula is C26H28N2O3. The average molecular weight is 417 g/mol. The first-order valence-electron chi connectivity index (χ1n) is 10.6. The number of fused-ring (bicyclic) bond motifs is 1. The number of carbonyl (C=O) groups is 2. The molecule has 0 bridgehead atoms. The highest BCUT2D eigenvalue weighted by Gasteiger charge is 2.23. The van der Waals surface area contributed by atoms with Crippen molar-refractivity contribution in [2.24, 2.45) is 5.92 Å². The lowest BCUT2D eigenvalue weighted by Gasteiger charge is -2.29. The molecule has 0 N–H and O–H groups in total. The predicted octanol–water partition coefficient (Wildman–Crippen LogP) is 4.46. The van der Waals surface area contributed by atoms with Crippen LogP contribution >= 0.6 is 0 Å². The summed E-state index contributed by atoms with van der Waals surface area (Å²) < 4.78 is 6.22. The van der Waals surface area contributed by atoms with Crippen LogP contribution in [0.1, 0.15) is 23.2 Å². The second kappa shape index (κ2) is 8.80. The summed E-state index contributed by atoms with van der Waals surface area (Å²) in [5.41, 5.74) is 2.84. The molecule has 1 saturated heterocycles. The number of piperidine rings is 1. The van der Waals surface area contributed by atoms with E-state index in [1.807, 2.05) is 49.5 Å². The molecule has 0 aromatic heterocycles. The molecule has 1 aliphatic rings. The molecule has 0 spiro atoms. The Hall–Kier alpha value is -3.34. The van der Waals surface area contributed by atoms with Crippen molar-refractivity contribution < 1.29 is 14.3 Å². The third-order valence-electron chi connectivity index (χ3n) is 5.93. The Morgan fingerprint density at radius 2 is 1.74 bits per heavy atom. The average Bonchev–Trinajstić information content (AvgIpc) is 2.79. The van der Waals surface area contributed by atoms with Crippen molar-refractivity contribution in [1.82, 2.24) is 9.80 Å². The van der Waals surface area contributed by atoms with Gasteiger partial charge in [0.2, 0.25) is 5.91 Å². The van der Waals surface area contributed by atoms with Gasteiger partial charge in [-0.15, -0.1) is 0 Å². The zero-order valence-electron chi connectivity index (χ0n) is 18.3. The van der Waals surface area contributed by atoms with Gasteiger partial charge in [0.1, 0.15) is 5.75 Å². The van der Waals surface area contributed by atoms with E-state index in [0.29, 0.717) is 24.5 Å². The molecule has 3 aromatic carbocycles. The molecule has 1 fully saturated rings. The lowest BCUT2D eigenvalue weighted by atomic mass is 9.96. The fourth-order valence-corrected chi connectivity index (χ4v) is 4.14. The van der Waals surface area contributed by atoms with Crippen LogP contribution in [-0.2, 0) is 4.79 Å². The van der Waals surface area contributed by atoms with Crippen LogP contribution in [0.5, 0.6) is 5.75 Å². The molecule has 31 heavy (non-hydrogen) atoms. The van der Waals surface area contributed by atoms with Crippen LogP contribution in [0.4, 0.5) is 0 Å². The summed E-state index contributed by atoms with van der Waals surface area (Å²) in [7, 11) is 5.37. The quantitative estimate of drug-likeness (QED) is 0.617. The smallest absolute Gasteiger partial charge is 0.253 e. The number of hydrogen-bond donors (Lipinski definition) is 0. The van der Waals surface area contributed by atoms with Crippen LogP contribution in [0.25, 0.3) is 21.9 Å². The molecule has 1 unspecified atom stereocenters. The van der Waals surface area contributed by atoms with Crippen molar-refractivity contribution in [3.05, 3.63) is 66.2 Å². The predicted molar refractivity (Wildman–Crippen MR) is 123 cm³/mol. The summed E-state index contributed by atoms with van der Waals surface area (Å²) in [5, 5.41) is 2.18. The summed E-state index contributed by atoms with van der Waals surface area (Å²) in [4.78, 5) is 27.3. The monoisotopic (exact) mass is 416 g/mol. The van der Waals surface area contributed by atoms with Crippen LogP contribution < -0.4 is 4.74 Å². The molecule has 1 heterocycles. The fraction of sp³-hybridized carbons (Fsp3) is 0.308. The van der Waals surface area contributed by atoms with Crippen molar-refractivity contribution in [2.75, 3.05) is 34.3 Å². The van der Waals surface area contributed by atoms with Crippen LogP contribution in [-0.4, -0.2) is 55.9 Å². The molecule has 2 amide bonds. The van der Waals surface area contributed by atoms with Gasteiger partial charge in [-0.05, 0) is 41.1 Å². The van der Waals surface area contributed by atoms with Gasteiger partial charge >= 0.3 is 0 Å². The van der Waals surface area contributed by atoms with Crippen LogP contribution in [0.2, 0.25) is 0 Å². The maximum atomic E-state index is 12.2. The SMILES string of the molecule is CN(C)C(=O)c1ccc(-c2ccc(OCC3CCC(=O)N(C)C3)c3ccccc23)cc1. The number of amides is 2. The Balaban J connectivity index is 1.58. The molecule has 3 aromatic rings. The number of likely N-dealkylation sites (tertiary alicyclic amines) is 1. The van der Waals surface area contributed by atoms with Gasteiger partial charge in [-0.2, -0.15) is 0 Å². The first kappa shape index (κ1) is 20.9. The van der Waals surface area contributed by atoms with Gasteiger partial charge in [-0.1, -0.05) is 42.5 Å². The van der Waals surface area contributed by atoms with E-state index in [-0.39, 0.29) is 11.8 Å². The number of rotatable bonds is 5. The zero-order valence-corrected chi connectivity index (χ0v) is 18.3. The summed E-state index contributed by atoms with van der Waals surface area (Å²) >= 11 is 0. The molecule has 160 valence electrons. The van der Waals surface area contributed by atoms with E-state index in [2.05, 4.69) is 18.2 Å². The van der Waals surface area contributed by atoms with Gasteiger partial charge in [-0.25, -0.2) is 0 Å². The first-order chi connectivity index (χ1) is 14.9. The second-order valence-electron chi connectivity index (χ2n) is 8.42. The Bertz CT molecular complexity index is 1110. The number of nitrogens with zero attached hydrogens (tertiary/aromatic N) is 2. The van der Waals surface area contributed by atoms with Gasteiger partial charge in [-0.3, -0.25) is 9.59 Å². The molecule has 4 rings (SSSR count). The van der Waals surface area contributed by atoms with E-state index >= 15 is 0 Å². The third-order valence-corrected chi connectivity index (χ3v) is 5.93. The van der Waals surface area contributed by atoms with E-state index in [0.717, 1.165) is 40.6 Å². The number of benzene rings is 3. The fourth-order valence-electron chi connectivity index (χ4n) is 4.14. The minimum atomic E-state index is -0.00443. The molecule has 5 heteroatoms. The number of carbonyl (C=O) groups excluding carboxylic acids is 2. The normalized spacial score (nSPS) is 16.4. The summed E-state index contributed by atoms with van der Waals surface area (Å²) in [6.07, 6.45) is 1.47. The topological polar surface area (TPSA) is 49.9 Å². The van der Waals surface area contributed by atoms with E-state index in [4.69, 9.17) is 4.74 Å². The summed E-state index contributed by atoms with van der Waals surface area (Å²) in [6, 6.07) is 20.1. The van der Waals surface area contributed by atoms with Gasteiger partial charge in [0.15, 0.2) is 0 Å². The molecule has 0 radical (unpaired) electrons. The number of ether oxygens (including phenoxy) is 1. The van der Waals surface area contributed by atoms with Crippen molar-refractivity contribution in [2.45, 2.75) is 12.8 Å². The van der Waals surface area contributed by atoms with E-state index < -0.39 is 0 Å². The second-order valence-corrected chi connectivity index (χ2v) is 8.42. The van der Waals surface area contributed by atoms with Gasteiger partial charge in [0.05, 0.1) is 6.61 Å². The lowest BCUT2D eigenvalue weighted by molar-refractivity contribution is -0.133. The summed E-state index contributed by atoms with van der Waals surface area (Å²) in [6.45, 7) is 1.34. The van der Waals surface area contributed by atoms with Crippen LogP contribution in [0.15, 0.2) is 60.7 Å². The van der Waals surface area contributed by atoms with Gasteiger partial charge in [0, 0.05) is 51.0 Å². The maximum Gasteiger partial charge on any atom is 0.253 e. The van der Waals surface area contributed by atoms with Crippen molar-refractivity contribution in [1.29, 1.82) is 0 Å². The Labute approximate surface area is 183 Å². The standard InChI is InChI=1S/C26H28N2O3/c1-27(2)26(30)20-11-9-19(10-12-20)21-13-14-24(23-7-5-4-6-22(21)23)31-17-18-8-15-25(29)28(3)16-18/h4-7,9-14,18H,8,15-17H2,1-3H3. The Morgan fingerprint density at radius 1 is 1.03 bits per heavy atom. The zero-order chi connectivity index (χ0) is 22.0. The molecular weight excluding hydrogens is 388 g/mol. The molecule has 1 aliphatic heterocycles. The molecule has 0 aliphatic carbocycles. The van der Waals surface area contributed by atoms with Gasteiger partial charge in [0.25, 0.3) is 5.91 Å². The number of hydrogen-bond acceptors (Lipinski definition) is 3. The largest absolute Gasteiger partial charge is 0.493 e. The van der Waals surface area contributed by atoms with Crippen molar-refractivity contribution >= 4 is 22.6 Å². The molecule has 1 atom stereocenters. The highest BCUT2D eigenvalue weighted by atomic mass is 16.5. The minimum absolute atomic E-state index is 0.00443. The molecule has 0 saturated carbocycles. The van der Waals surface area contributed by atoms with E-state index in [1.165, 1.54) is 0 Å². The molecule has 5 nitrogen and oxygen atoms in total. The van der Waals surface area contributed by atoms with Crippen molar-refractivity contribution in [3.8, 4) is 16.9 Å². The lowest BCUT2D eigenvalue weighted by Crippen LogP contribution is -2.38. The minimum Gasteiger partial charge on any atom is -0.493 e. The summed E-state index contributed by atoms with van der Waals surface area (Å²) in [5.74, 6) is 1.42. The Morgan fingerprint density at radius 3 is 2.42 bits per heavy atom. The maximum absolute atomic E-state index is 12.2. The third kappa shape index (κ3) is 4.41. The first-order valence-corrected chi connectivity index (χ1v) is 10.6. The Kier molecular flexibility index (Phi) is 5.94. The van der Waals surface area contributed by atoms with Crippen LogP contribution in [0, 0.1) is 5.92 Å². The van der Waals surface area contributed by atoms with E-state index in [9.17, 15) is 9.59 Å².